The normalized spacial score (nSPS) is 27.4. The molecule has 1 aliphatic carbocycles. The number of aromatic nitrogens is 2. The van der Waals surface area contributed by atoms with Crippen LogP contribution in [0.3, 0.4) is 0 Å². The molecule has 0 radical (unpaired) electrons. The van der Waals surface area contributed by atoms with Crippen molar-refractivity contribution in [2.45, 2.75) is 63.5 Å². The molecule has 1 aromatic rings. The van der Waals surface area contributed by atoms with E-state index in [0.29, 0.717) is 25.3 Å². The zero-order valence-corrected chi connectivity index (χ0v) is 18.6. The van der Waals surface area contributed by atoms with E-state index in [0.717, 1.165) is 36.8 Å². The summed E-state index contributed by atoms with van der Waals surface area (Å²) in [5, 5.41) is 3.03. The van der Waals surface area contributed by atoms with E-state index in [1.807, 2.05) is 18.7 Å². The maximum atomic E-state index is 14.6. The highest BCUT2D eigenvalue weighted by atomic mass is 35.5. The van der Waals surface area contributed by atoms with Gasteiger partial charge in [-0.15, -0.1) is 11.6 Å². The topological polar surface area (TPSA) is 82.8 Å². The summed E-state index contributed by atoms with van der Waals surface area (Å²) in [4.78, 5) is 32.3. The number of amides is 1. The zero-order valence-electron chi connectivity index (χ0n) is 17.9. The number of halogens is 2. The van der Waals surface area contributed by atoms with Crippen LogP contribution in [0.5, 0.6) is 0 Å². The van der Waals surface area contributed by atoms with E-state index < -0.39 is 5.82 Å². The predicted octanol–water partition coefficient (Wildman–Crippen LogP) is 3.70. The van der Waals surface area contributed by atoms with Gasteiger partial charge in [0.2, 0.25) is 5.91 Å². The molecule has 4 rings (SSSR count). The molecule has 1 amide bonds. The van der Waals surface area contributed by atoms with Crippen LogP contribution < -0.4 is 5.32 Å². The molecule has 1 fully saturated rings. The Morgan fingerprint density at radius 3 is 2.81 bits per heavy atom. The van der Waals surface area contributed by atoms with Crippen molar-refractivity contribution in [2.24, 2.45) is 15.9 Å². The van der Waals surface area contributed by atoms with Gasteiger partial charge in [0.15, 0.2) is 23.6 Å². The first-order valence-corrected chi connectivity index (χ1v) is 11.5. The Balaban J connectivity index is 1.59. The number of nitrogens with one attached hydrogen (secondary N) is 1. The van der Waals surface area contributed by atoms with E-state index in [1.54, 1.807) is 12.4 Å². The third-order valence-electron chi connectivity index (χ3n) is 6.27. The van der Waals surface area contributed by atoms with Crippen molar-refractivity contribution in [3.8, 4) is 0 Å². The van der Waals surface area contributed by atoms with E-state index in [-0.39, 0.29) is 35.2 Å². The van der Waals surface area contributed by atoms with Gasteiger partial charge in [0, 0.05) is 37.1 Å². The fourth-order valence-corrected chi connectivity index (χ4v) is 4.81. The molecule has 0 spiro atoms. The van der Waals surface area contributed by atoms with Crippen LogP contribution in [-0.4, -0.2) is 63.9 Å². The van der Waals surface area contributed by atoms with Crippen molar-refractivity contribution in [1.82, 2.24) is 14.9 Å². The summed E-state index contributed by atoms with van der Waals surface area (Å²) in [7, 11) is 0. The maximum Gasteiger partial charge on any atom is 0.227 e. The molecule has 1 N–H and O–H groups in total. The lowest BCUT2D eigenvalue weighted by Crippen LogP contribution is -2.45. The molecule has 0 saturated heterocycles. The Morgan fingerprint density at radius 1 is 1.26 bits per heavy atom. The highest BCUT2D eigenvalue weighted by Gasteiger charge is 2.34. The summed E-state index contributed by atoms with van der Waals surface area (Å²) in [6.45, 7) is 5.31. The second-order valence-corrected chi connectivity index (χ2v) is 8.71. The lowest BCUT2D eigenvalue weighted by Gasteiger charge is -2.34. The monoisotopic (exact) mass is 446 g/mol. The predicted molar refractivity (Wildman–Crippen MR) is 121 cm³/mol. The highest BCUT2D eigenvalue weighted by molar-refractivity contribution is 6.29. The Labute approximate surface area is 186 Å². The number of carbonyl (C=O) groups is 1. The Morgan fingerprint density at radius 2 is 2.03 bits per heavy atom. The number of alkyl halides is 1. The summed E-state index contributed by atoms with van der Waals surface area (Å²) >= 11 is 6.23. The van der Waals surface area contributed by atoms with Crippen LogP contribution in [0.2, 0.25) is 0 Å². The second-order valence-electron chi connectivity index (χ2n) is 8.15. The van der Waals surface area contributed by atoms with E-state index >= 15 is 0 Å². The largest absolute Gasteiger partial charge is 0.364 e. The van der Waals surface area contributed by atoms with Gasteiger partial charge in [0.25, 0.3) is 0 Å². The lowest BCUT2D eigenvalue weighted by molar-refractivity contribution is -0.136. The minimum absolute atomic E-state index is 0.126. The van der Waals surface area contributed by atoms with E-state index in [9.17, 15) is 9.18 Å². The average molecular weight is 447 g/mol. The molecule has 0 aromatic carbocycles. The minimum atomic E-state index is -0.530. The molecule has 3 heterocycles. The zero-order chi connectivity index (χ0) is 22.0. The molecule has 1 saturated carbocycles. The second kappa shape index (κ2) is 9.42. The van der Waals surface area contributed by atoms with Crippen molar-refractivity contribution in [3.63, 3.8) is 0 Å². The molecular formula is C22H28ClFN6O. The first-order valence-electron chi connectivity index (χ1n) is 11.0. The first-order chi connectivity index (χ1) is 15.0. The summed E-state index contributed by atoms with van der Waals surface area (Å²) in [5.74, 6) is -0.0665. The Hall–Kier alpha value is -2.35. The van der Waals surface area contributed by atoms with Gasteiger partial charge in [-0.25, -0.2) is 14.4 Å². The van der Waals surface area contributed by atoms with Crippen LogP contribution in [0.1, 0.15) is 51.8 Å². The molecular weight excluding hydrogens is 419 g/mol. The smallest absolute Gasteiger partial charge is 0.227 e. The van der Waals surface area contributed by atoms with Gasteiger partial charge in [-0.3, -0.25) is 14.8 Å². The molecule has 0 bridgehead atoms. The summed E-state index contributed by atoms with van der Waals surface area (Å²) in [5.41, 5.74) is 1.70. The third kappa shape index (κ3) is 4.49. The van der Waals surface area contributed by atoms with Crippen LogP contribution >= 0.6 is 11.6 Å². The SMILES string of the molecule is CCN(CC)C(=O)C1CCCCC1Nc1nc(C2=C3CC(Cl)C=NC3N=C2)ncc1F. The van der Waals surface area contributed by atoms with Gasteiger partial charge in [-0.2, -0.15) is 0 Å². The quantitative estimate of drug-likeness (QED) is 0.675. The van der Waals surface area contributed by atoms with Crippen LogP contribution in [0.15, 0.2) is 21.8 Å². The van der Waals surface area contributed by atoms with Gasteiger partial charge < -0.3 is 10.2 Å². The van der Waals surface area contributed by atoms with Crippen molar-refractivity contribution < 1.29 is 9.18 Å². The van der Waals surface area contributed by atoms with Crippen LogP contribution in [0.4, 0.5) is 10.2 Å². The van der Waals surface area contributed by atoms with Gasteiger partial charge in [0.1, 0.15) is 0 Å². The van der Waals surface area contributed by atoms with Crippen LogP contribution in [0, 0.1) is 11.7 Å². The molecule has 4 unspecified atom stereocenters. The highest BCUT2D eigenvalue weighted by Crippen LogP contribution is 2.33. The number of fused-ring (bicyclic) bond motifs is 1. The summed E-state index contributed by atoms with van der Waals surface area (Å²) < 4.78 is 14.6. The fourth-order valence-electron chi connectivity index (χ4n) is 4.58. The van der Waals surface area contributed by atoms with Crippen molar-refractivity contribution in [3.05, 3.63) is 23.4 Å². The van der Waals surface area contributed by atoms with E-state index in [4.69, 9.17) is 11.6 Å². The maximum absolute atomic E-state index is 14.6. The van der Waals surface area contributed by atoms with Crippen LogP contribution in [-0.2, 0) is 4.79 Å². The molecule has 2 aliphatic heterocycles. The number of rotatable bonds is 6. The van der Waals surface area contributed by atoms with Crippen molar-refractivity contribution in [1.29, 1.82) is 0 Å². The standard InChI is InChI=1S/C22H28ClFN6O/c1-3-30(4-2)22(31)14-7-5-6-8-18(14)28-21-17(24)12-27-20(29-21)16-11-26-19-15(16)9-13(23)10-25-19/h10-14,18-19H,3-9H2,1-2H3,(H,27,28,29). The van der Waals surface area contributed by atoms with Gasteiger partial charge in [-0.05, 0) is 38.7 Å². The molecule has 1 aromatic heterocycles. The number of aliphatic imine (C=N–C) groups is 2. The van der Waals surface area contributed by atoms with Crippen LogP contribution in [0.25, 0.3) is 5.57 Å². The lowest BCUT2D eigenvalue weighted by atomic mass is 9.83. The van der Waals surface area contributed by atoms with Gasteiger partial charge in [0.05, 0.1) is 17.5 Å². The Kier molecular flexibility index (Phi) is 6.65. The van der Waals surface area contributed by atoms with E-state index in [1.165, 1.54) is 6.20 Å². The fraction of sp³-hybridized carbons (Fsp3) is 0.591. The number of carbonyl (C=O) groups excluding carboxylic acids is 1. The first kappa shape index (κ1) is 21.9. The molecule has 31 heavy (non-hydrogen) atoms. The molecule has 166 valence electrons. The minimum Gasteiger partial charge on any atom is -0.364 e. The molecule has 7 nitrogen and oxygen atoms in total. The average Bonchev–Trinajstić information content (AvgIpc) is 3.19. The molecule has 9 heteroatoms. The summed E-state index contributed by atoms with van der Waals surface area (Å²) in [6, 6.07) is -0.159. The van der Waals surface area contributed by atoms with Crippen molar-refractivity contribution >= 4 is 41.3 Å². The van der Waals surface area contributed by atoms with Gasteiger partial charge in [-0.1, -0.05) is 12.8 Å². The number of allylic oxidation sites excluding steroid dienone is 1. The van der Waals surface area contributed by atoms with E-state index in [2.05, 4.69) is 25.3 Å². The van der Waals surface area contributed by atoms with Crippen molar-refractivity contribution in [2.75, 3.05) is 18.4 Å². The Bertz CT molecular complexity index is 929. The number of hydrogen-bond donors (Lipinski definition) is 1. The number of nitrogens with zero attached hydrogens (tertiary/aromatic N) is 5. The molecule has 3 aliphatic rings. The number of anilines is 1. The summed E-state index contributed by atoms with van der Waals surface area (Å²) in [6.07, 6.45) is 8.48. The van der Waals surface area contributed by atoms with Gasteiger partial charge >= 0.3 is 0 Å². The third-order valence-corrected chi connectivity index (χ3v) is 6.54. The molecule has 4 atom stereocenters. The number of hydrogen-bond acceptors (Lipinski definition) is 6.